The van der Waals surface area contributed by atoms with E-state index in [0.717, 1.165) is 22.8 Å². The van der Waals surface area contributed by atoms with Gasteiger partial charge in [-0.25, -0.2) is 0 Å². The Balaban J connectivity index is 2.08. The molecule has 3 aromatic rings. The van der Waals surface area contributed by atoms with Crippen LogP contribution in [0.4, 0.5) is 0 Å². The number of thioether (sulfide) groups is 1. The molecule has 0 saturated carbocycles. The largest absolute Gasteiger partial charge is 0.497 e. The smallest absolute Gasteiger partial charge is 0.230 e. The first-order valence-corrected chi connectivity index (χ1v) is 10.6. The van der Waals surface area contributed by atoms with E-state index in [2.05, 4.69) is 41.5 Å². The second-order valence-corrected chi connectivity index (χ2v) is 7.77. The maximum absolute atomic E-state index is 12.0. The third-order valence-corrected chi connectivity index (χ3v) is 5.42. The van der Waals surface area contributed by atoms with Crippen LogP contribution >= 0.6 is 11.8 Å². The van der Waals surface area contributed by atoms with E-state index in [0.29, 0.717) is 23.4 Å². The van der Waals surface area contributed by atoms with Gasteiger partial charge in [-0.15, -0.1) is 10.2 Å². The predicted molar refractivity (Wildman–Crippen MR) is 117 cm³/mol. The Bertz CT molecular complexity index is 967. The highest BCUT2D eigenvalue weighted by Gasteiger charge is 2.20. The van der Waals surface area contributed by atoms with Crippen LogP contribution in [-0.4, -0.2) is 40.1 Å². The number of methoxy groups -OCH3 is 1. The molecule has 0 bridgehead atoms. The molecule has 29 heavy (non-hydrogen) atoms. The number of nitrogens with one attached hydrogen (secondary N) is 1. The van der Waals surface area contributed by atoms with Crippen LogP contribution in [0, 0.1) is 0 Å². The molecule has 0 spiro atoms. The Hall–Kier alpha value is -2.80. The summed E-state index contributed by atoms with van der Waals surface area (Å²) in [5.41, 5.74) is 3.15. The van der Waals surface area contributed by atoms with Gasteiger partial charge in [0.2, 0.25) is 5.91 Å². The van der Waals surface area contributed by atoms with Gasteiger partial charge in [0, 0.05) is 12.1 Å². The molecule has 0 aliphatic rings. The average molecular weight is 411 g/mol. The van der Waals surface area contributed by atoms with Gasteiger partial charge in [-0.2, -0.15) is 0 Å². The Morgan fingerprint density at radius 1 is 1.14 bits per heavy atom. The quantitative estimate of drug-likeness (QED) is 0.561. The van der Waals surface area contributed by atoms with Crippen molar-refractivity contribution in [2.24, 2.45) is 0 Å². The second-order valence-electron chi connectivity index (χ2n) is 6.83. The molecule has 2 aromatic carbocycles. The van der Waals surface area contributed by atoms with Crippen LogP contribution in [0.5, 0.6) is 5.75 Å². The first kappa shape index (κ1) is 20.9. The van der Waals surface area contributed by atoms with Gasteiger partial charge in [0.05, 0.1) is 18.6 Å². The second kappa shape index (κ2) is 9.60. The fourth-order valence-corrected chi connectivity index (χ4v) is 3.84. The highest BCUT2D eigenvalue weighted by molar-refractivity contribution is 7.99. The van der Waals surface area contributed by atoms with Gasteiger partial charge in [0.1, 0.15) is 5.75 Å². The zero-order valence-corrected chi connectivity index (χ0v) is 18.0. The van der Waals surface area contributed by atoms with E-state index in [1.165, 1.54) is 17.3 Å². The molecule has 1 aromatic heterocycles. The molecule has 1 heterocycles. The van der Waals surface area contributed by atoms with Crippen LogP contribution in [0.15, 0.2) is 53.7 Å². The molecule has 0 atom stereocenters. The molecule has 152 valence electrons. The Kier molecular flexibility index (Phi) is 6.93. The number of hydrogen-bond acceptors (Lipinski definition) is 5. The van der Waals surface area contributed by atoms with Crippen LogP contribution in [0.3, 0.4) is 0 Å². The van der Waals surface area contributed by atoms with Gasteiger partial charge >= 0.3 is 0 Å². The number of benzene rings is 2. The van der Waals surface area contributed by atoms with E-state index in [1.54, 1.807) is 7.11 Å². The fourth-order valence-electron chi connectivity index (χ4n) is 3.07. The number of para-hydroxylation sites is 1. The maximum atomic E-state index is 12.0. The molecule has 0 saturated heterocycles. The van der Waals surface area contributed by atoms with Crippen molar-refractivity contribution in [2.75, 3.05) is 19.4 Å². The normalized spacial score (nSPS) is 10.9. The molecule has 0 aliphatic heterocycles. The van der Waals surface area contributed by atoms with Crippen LogP contribution in [0.1, 0.15) is 32.3 Å². The van der Waals surface area contributed by atoms with Gasteiger partial charge in [-0.1, -0.05) is 43.8 Å². The van der Waals surface area contributed by atoms with Gasteiger partial charge in [-0.05, 0) is 48.7 Å². The maximum Gasteiger partial charge on any atom is 0.230 e. The summed E-state index contributed by atoms with van der Waals surface area (Å²) < 4.78 is 7.31. The summed E-state index contributed by atoms with van der Waals surface area (Å²) in [5, 5.41) is 12.4. The zero-order chi connectivity index (χ0) is 20.8. The SMILES string of the molecule is CCNC(=O)CSc1nnc(-c2ccc(OC)cc2)n1-c1ccccc1C(C)C. The summed E-state index contributed by atoms with van der Waals surface area (Å²) in [4.78, 5) is 12.0. The molecule has 0 fully saturated rings. The number of nitrogens with zero attached hydrogens (tertiary/aromatic N) is 3. The van der Waals surface area contributed by atoms with Crippen LogP contribution in [-0.2, 0) is 4.79 Å². The van der Waals surface area contributed by atoms with E-state index in [9.17, 15) is 4.79 Å². The van der Waals surface area contributed by atoms with Crippen LogP contribution < -0.4 is 10.1 Å². The van der Waals surface area contributed by atoms with Crippen molar-refractivity contribution in [1.82, 2.24) is 20.1 Å². The first-order valence-electron chi connectivity index (χ1n) is 9.63. The minimum Gasteiger partial charge on any atom is -0.497 e. The topological polar surface area (TPSA) is 69.0 Å². The average Bonchev–Trinajstić information content (AvgIpc) is 3.16. The molecule has 3 rings (SSSR count). The summed E-state index contributed by atoms with van der Waals surface area (Å²) in [6, 6.07) is 16.0. The van der Waals surface area contributed by atoms with Crippen molar-refractivity contribution in [1.29, 1.82) is 0 Å². The van der Waals surface area contributed by atoms with Crippen LogP contribution in [0.25, 0.3) is 17.1 Å². The predicted octanol–water partition coefficient (Wildman–Crippen LogP) is 4.29. The Morgan fingerprint density at radius 3 is 2.52 bits per heavy atom. The minimum absolute atomic E-state index is 0.0183. The summed E-state index contributed by atoms with van der Waals surface area (Å²) in [5.74, 6) is 2.12. The molecule has 0 aliphatic carbocycles. The molecule has 0 radical (unpaired) electrons. The highest BCUT2D eigenvalue weighted by Crippen LogP contribution is 2.32. The van der Waals surface area contributed by atoms with Crippen molar-refractivity contribution in [3.8, 4) is 22.8 Å². The van der Waals surface area contributed by atoms with Crippen molar-refractivity contribution in [2.45, 2.75) is 31.8 Å². The first-order chi connectivity index (χ1) is 14.0. The number of hydrogen-bond donors (Lipinski definition) is 1. The summed E-state index contributed by atoms with van der Waals surface area (Å²) in [6.45, 7) is 6.85. The van der Waals surface area contributed by atoms with Crippen molar-refractivity contribution < 1.29 is 9.53 Å². The van der Waals surface area contributed by atoms with E-state index in [-0.39, 0.29) is 5.91 Å². The standard InChI is InChI=1S/C22H26N4O2S/c1-5-23-20(27)14-29-22-25-24-21(16-10-12-17(28-4)13-11-16)26(22)19-9-7-6-8-18(19)15(2)3/h6-13,15H,5,14H2,1-4H3,(H,23,27). The lowest BCUT2D eigenvalue weighted by Gasteiger charge is -2.17. The molecule has 1 N–H and O–H groups in total. The van der Waals surface area contributed by atoms with Crippen molar-refractivity contribution in [3.05, 3.63) is 54.1 Å². The van der Waals surface area contributed by atoms with Crippen molar-refractivity contribution >= 4 is 17.7 Å². The number of ether oxygens (including phenoxy) is 1. The molecule has 0 unspecified atom stereocenters. The summed E-state index contributed by atoms with van der Waals surface area (Å²) >= 11 is 1.39. The number of amides is 1. The Morgan fingerprint density at radius 2 is 1.86 bits per heavy atom. The number of carbonyl (C=O) groups is 1. The third-order valence-electron chi connectivity index (χ3n) is 4.49. The highest BCUT2D eigenvalue weighted by atomic mass is 32.2. The monoisotopic (exact) mass is 410 g/mol. The molecular formula is C22H26N4O2S. The zero-order valence-electron chi connectivity index (χ0n) is 17.2. The molecule has 6 nitrogen and oxygen atoms in total. The molecule has 7 heteroatoms. The summed E-state index contributed by atoms with van der Waals surface area (Å²) in [7, 11) is 1.65. The lowest BCUT2D eigenvalue weighted by Crippen LogP contribution is -2.24. The van der Waals surface area contributed by atoms with Crippen LogP contribution in [0.2, 0.25) is 0 Å². The van der Waals surface area contributed by atoms with E-state index in [1.807, 2.05) is 47.9 Å². The lowest BCUT2D eigenvalue weighted by atomic mass is 10.0. The van der Waals surface area contributed by atoms with Gasteiger partial charge in [0.25, 0.3) is 0 Å². The van der Waals surface area contributed by atoms with E-state index in [4.69, 9.17) is 4.74 Å². The number of carbonyl (C=O) groups excluding carboxylic acids is 1. The van der Waals surface area contributed by atoms with E-state index >= 15 is 0 Å². The minimum atomic E-state index is -0.0183. The molecule has 1 amide bonds. The lowest BCUT2D eigenvalue weighted by molar-refractivity contribution is -0.118. The third kappa shape index (κ3) is 4.79. The number of aromatic nitrogens is 3. The van der Waals surface area contributed by atoms with Gasteiger partial charge < -0.3 is 10.1 Å². The number of rotatable bonds is 8. The van der Waals surface area contributed by atoms with Gasteiger partial charge in [0.15, 0.2) is 11.0 Å². The summed E-state index contributed by atoms with van der Waals surface area (Å²) in [6.07, 6.45) is 0. The van der Waals surface area contributed by atoms with Crippen molar-refractivity contribution in [3.63, 3.8) is 0 Å². The fraction of sp³-hybridized carbons (Fsp3) is 0.318. The van der Waals surface area contributed by atoms with Gasteiger partial charge in [-0.3, -0.25) is 9.36 Å². The Labute approximate surface area is 175 Å². The molecular weight excluding hydrogens is 384 g/mol. The van der Waals surface area contributed by atoms with E-state index < -0.39 is 0 Å².